The van der Waals surface area contributed by atoms with Gasteiger partial charge in [0.15, 0.2) is 0 Å². The predicted octanol–water partition coefficient (Wildman–Crippen LogP) is 3.84. The lowest BCUT2D eigenvalue weighted by molar-refractivity contribution is -0.219. The summed E-state index contributed by atoms with van der Waals surface area (Å²) in [6.07, 6.45) is 1.23. The van der Waals surface area contributed by atoms with E-state index < -0.39 is 11.7 Å². The van der Waals surface area contributed by atoms with Gasteiger partial charge in [-0.3, -0.25) is 10.3 Å². The Labute approximate surface area is 131 Å². The minimum absolute atomic E-state index is 0.143. The van der Waals surface area contributed by atoms with Gasteiger partial charge in [-0.05, 0) is 37.0 Å². The van der Waals surface area contributed by atoms with Crippen molar-refractivity contribution < 1.29 is 17.9 Å². The van der Waals surface area contributed by atoms with Crippen molar-refractivity contribution in [3.05, 3.63) is 48.4 Å². The number of halogens is 3. The molecule has 0 radical (unpaired) electrons. The molecule has 0 aliphatic heterocycles. The van der Waals surface area contributed by atoms with Gasteiger partial charge in [-0.15, -0.1) is 0 Å². The molecule has 0 amide bonds. The van der Waals surface area contributed by atoms with Crippen LogP contribution in [0.3, 0.4) is 0 Å². The van der Waals surface area contributed by atoms with Gasteiger partial charge in [-0.1, -0.05) is 12.1 Å². The first-order chi connectivity index (χ1) is 11.0. The molecule has 1 aliphatic rings. The van der Waals surface area contributed by atoms with E-state index in [1.54, 1.807) is 30.5 Å². The maximum atomic E-state index is 13.1. The summed E-state index contributed by atoms with van der Waals surface area (Å²) >= 11 is 0. The first-order valence-corrected chi connectivity index (χ1v) is 7.33. The molecule has 23 heavy (non-hydrogen) atoms. The Balaban J connectivity index is 1.60. The fourth-order valence-electron chi connectivity index (χ4n) is 2.50. The fourth-order valence-corrected chi connectivity index (χ4v) is 2.50. The zero-order valence-electron chi connectivity index (χ0n) is 12.3. The van der Waals surface area contributed by atoms with Gasteiger partial charge in [0, 0.05) is 18.9 Å². The Hall–Kier alpha value is -2.15. The maximum absolute atomic E-state index is 13.1. The third-order valence-corrected chi connectivity index (χ3v) is 4.07. The van der Waals surface area contributed by atoms with Crippen molar-refractivity contribution in [2.45, 2.75) is 37.5 Å². The predicted molar refractivity (Wildman–Crippen MR) is 78.0 cm³/mol. The van der Waals surface area contributed by atoms with Crippen molar-refractivity contribution in [3.8, 4) is 11.6 Å². The van der Waals surface area contributed by atoms with E-state index in [1.165, 1.54) is 12.4 Å². The second-order valence-electron chi connectivity index (χ2n) is 5.58. The summed E-state index contributed by atoms with van der Waals surface area (Å²) in [5.41, 5.74) is -0.950. The van der Waals surface area contributed by atoms with Crippen molar-refractivity contribution in [3.63, 3.8) is 0 Å². The van der Waals surface area contributed by atoms with E-state index in [0.717, 1.165) is 5.56 Å². The van der Waals surface area contributed by atoms with Gasteiger partial charge in [0.05, 0.1) is 6.20 Å². The molecule has 1 aromatic heterocycles. The molecule has 1 saturated carbocycles. The zero-order valence-corrected chi connectivity index (χ0v) is 12.3. The largest absolute Gasteiger partial charge is 0.438 e. The van der Waals surface area contributed by atoms with Crippen LogP contribution in [0.5, 0.6) is 11.6 Å². The maximum Gasteiger partial charge on any atom is 0.406 e. The standard InChI is InChI=1S/C16H16F3N3O/c17-16(18,19)15(6-1-7-15)22-10-12-2-4-13(5-3-12)23-14-11-20-8-9-21-14/h2-5,8-9,11,22H,1,6-7,10H2. The Morgan fingerprint density at radius 1 is 1.13 bits per heavy atom. The van der Waals surface area contributed by atoms with Crippen molar-refractivity contribution in [1.82, 2.24) is 15.3 Å². The van der Waals surface area contributed by atoms with Crippen LogP contribution in [0.1, 0.15) is 24.8 Å². The fraction of sp³-hybridized carbons (Fsp3) is 0.375. The van der Waals surface area contributed by atoms with Gasteiger partial charge in [0.2, 0.25) is 5.88 Å². The molecule has 1 fully saturated rings. The van der Waals surface area contributed by atoms with Crippen LogP contribution in [0.15, 0.2) is 42.9 Å². The molecular formula is C16H16F3N3O. The molecule has 4 nitrogen and oxygen atoms in total. The van der Waals surface area contributed by atoms with Crippen LogP contribution in [0.25, 0.3) is 0 Å². The average molecular weight is 323 g/mol. The molecule has 122 valence electrons. The average Bonchev–Trinajstić information content (AvgIpc) is 2.47. The van der Waals surface area contributed by atoms with Crippen LogP contribution in [-0.4, -0.2) is 21.7 Å². The van der Waals surface area contributed by atoms with Gasteiger partial charge in [-0.25, -0.2) is 4.98 Å². The summed E-state index contributed by atoms with van der Waals surface area (Å²) in [5, 5.41) is 2.67. The molecule has 1 aliphatic carbocycles. The number of rotatable bonds is 5. The molecular weight excluding hydrogens is 307 g/mol. The van der Waals surface area contributed by atoms with Crippen molar-refractivity contribution in [2.75, 3.05) is 0 Å². The van der Waals surface area contributed by atoms with E-state index in [0.29, 0.717) is 18.1 Å². The molecule has 0 bridgehead atoms. The van der Waals surface area contributed by atoms with E-state index in [9.17, 15) is 13.2 Å². The van der Waals surface area contributed by atoms with Crippen LogP contribution < -0.4 is 10.1 Å². The molecule has 3 rings (SSSR count). The highest BCUT2D eigenvalue weighted by Gasteiger charge is 2.57. The lowest BCUT2D eigenvalue weighted by atomic mass is 9.76. The third kappa shape index (κ3) is 3.44. The van der Waals surface area contributed by atoms with E-state index in [1.807, 2.05) is 0 Å². The summed E-state index contributed by atoms with van der Waals surface area (Å²) in [4.78, 5) is 7.88. The van der Waals surface area contributed by atoms with Gasteiger partial charge in [0.1, 0.15) is 11.3 Å². The second-order valence-corrected chi connectivity index (χ2v) is 5.58. The quantitative estimate of drug-likeness (QED) is 0.908. The number of alkyl halides is 3. The molecule has 0 unspecified atom stereocenters. The first-order valence-electron chi connectivity index (χ1n) is 7.33. The van der Waals surface area contributed by atoms with Gasteiger partial charge in [-0.2, -0.15) is 13.2 Å². The highest BCUT2D eigenvalue weighted by Crippen LogP contribution is 2.45. The lowest BCUT2D eigenvalue weighted by Crippen LogP contribution is -2.61. The van der Waals surface area contributed by atoms with Crippen LogP contribution in [0.4, 0.5) is 13.2 Å². The molecule has 0 saturated heterocycles. The monoisotopic (exact) mass is 323 g/mol. The first kappa shape index (κ1) is 15.7. The van der Waals surface area contributed by atoms with E-state index in [4.69, 9.17) is 4.74 Å². The number of aromatic nitrogens is 2. The minimum atomic E-state index is -4.21. The molecule has 0 spiro atoms. The SMILES string of the molecule is FC(F)(F)C1(NCc2ccc(Oc3cnccn3)cc2)CCC1. The highest BCUT2D eigenvalue weighted by molar-refractivity contribution is 5.30. The molecule has 1 aromatic carbocycles. The topological polar surface area (TPSA) is 47.0 Å². The van der Waals surface area contributed by atoms with Crippen molar-refractivity contribution >= 4 is 0 Å². The molecule has 7 heteroatoms. The third-order valence-electron chi connectivity index (χ3n) is 4.07. The Kier molecular flexibility index (Phi) is 4.21. The van der Waals surface area contributed by atoms with E-state index >= 15 is 0 Å². The summed E-state index contributed by atoms with van der Waals surface area (Å²) in [7, 11) is 0. The van der Waals surface area contributed by atoms with E-state index in [-0.39, 0.29) is 19.4 Å². The number of nitrogens with one attached hydrogen (secondary N) is 1. The number of nitrogens with zero attached hydrogens (tertiary/aromatic N) is 2. The van der Waals surface area contributed by atoms with Crippen LogP contribution in [-0.2, 0) is 6.54 Å². The minimum Gasteiger partial charge on any atom is -0.438 e. The highest BCUT2D eigenvalue weighted by atomic mass is 19.4. The van der Waals surface area contributed by atoms with Crippen LogP contribution in [0, 0.1) is 0 Å². The molecule has 1 heterocycles. The lowest BCUT2D eigenvalue weighted by Gasteiger charge is -2.44. The normalized spacial score (nSPS) is 16.7. The molecule has 0 atom stereocenters. The van der Waals surface area contributed by atoms with Gasteiger partial charge >= 0.3 is 6.18 Å². The summed E-state index contributed by atoms with van der Waals surface area (Å²) in [6.45, 7) is 0.172. The number of benzene rings is 1. The van der Waals surface area contributed by atoms with Gasteiger partial charge in [0.25, 0.3) is 0 Å². The Morgan fingerprint density at radius 3 is 2.39 bits per heavy atom. The van der Waals surface area contributed by atoms with E-state index in [2.05, 4.69) is 15.3 Å². The van der Waals surface area contributed by atoms with Crippen LogP contribution >= 0.6 is 0 Å². The van der Waals surface area contributed by atoms with Crippen molar-refractivity contribution in [1.29, 1.82) is 0 Å². The summed E-state index contributed by atoms with van der Waals surface area (Å²) < 4.78 is 44.7. The van der Waals surface area contributed by atoms with Gasteiger partial charge < -0.3 is 4.74 Å². The smallest absolute Gasteiger partial charge is 0.406 e. The number of hydrogen-bond donors (Lipinski definition) is 1. The Morgan fingerprint density at radius 2 is 1.87 bits per heavy atom. The number of hydrogen-bond acceptors (Lipinski definition) is 4. The summed E-state index contributed by atoms with van der Waals surface area (Å²) in [5.74, 6) is 0.923. The zero-order chi connectivity index (χ0) is 16.3. The Bertz CT molecular complexity index is 640. The molecule has 2 aromatic rings. The summed E-state index contributed by atoms with van der Waals surface area (Å²) in [6, 6.07) is 6.88. The molecule has 1 N–H and O–H groups in total. The van der Waals surface area contributed by atoms with Crippen LogP contribution in [0.2, 0.25) is 0 Å². The second kappa shape index (κ2) is 6.16. The van der Waals surface area contributed by atoms with Crippen molar-refractivity contribution in [2.24, 2.45) is 0 Å². The number of ether oxygens (including phenoxy) is 1.